The van der Waals surface area contributed by atoms with Gasteiger partial charge in [-0.3, -0.25) is 9.62 Å². The first-order chi connectivity index (χ1) is 18.4. The average Bonchev–Trinajstić information content (AvgIpc) is 3.69. The maximum absolute atomic E-state index is 13.9. The normalized spacial score (nSPS) is 18.1. The van der Waals surface area contributed by atoms with E-state index in [1.807, 2.05) is 0 Å². The third kappa shape index (κ3) is 6.25. The monoisotopic (exact) mass is 613 g/mol. The van der Waals surface area contributed by atoms with E-state index >= 15 is 0 Å². The lowest BCUT2D eigenvalue weighted by Gasteiger charge is -2.36. The number of hydrogen-bond donors (Lipinski definition) is 2. The Labute approximate surface area is 226 Å². The fourth-order valence-electron chi connectivity index (χ4n) is 3.63. The lowest BCUT2D eigenvalue weighted by molar-refractivity contribution is -0.242. The van der Waals surface area contributed by atoms with E-state index in [0.29, 0.717) is 38.8 Å². The molecule has 1 aliphatic carbocycles. The minimum absolute atomic E-state index is 0.0948. The smallest absolute Gasteiger partial charge is 0.427 e. The van der Waals surface area contributed by atoms with E-state index in [2.05, 4.69) is 14.8 Å². The zero-order valence-electron chi connectivity index (χ0n) is 21.0. The Morgan fingerprint density at radius 2 is 1.73 bits per heavy atom. The molecule has 1 saturated carbocycles. The van der Waals surface area contributed by atoms with Gasteiger partial charge in [-0.05, 0) is 63.1 Å². The molecule has 2 aliphatic rings. The number of nitrogens with zero attached hydrogens (tertiary/aromatic N) is 1. The van der Waals surface area contributed by atoms with Gasteiger partial charge in [-0.25, -0.2) is 35.1 Å². The van der Waals surface area contributed by atoms with Gasteiger partial charge in [-0.1, -0.05) is 0 Å². The third-order valence-electron chi connectivity index (χ3n) is 6.12. The van der Waals surface area contributed by atoms with E-state index in [-0.39, 0.29) is 23.7 Å². The number of halogens is 5. The Balaban J connectivity index is 1.65. The molecule has 220 valence electrons. The first-order valence-corrected chi connectivity index (χ1v) is 14.7. The summed E-state index contributed by atoms with van der Waals surface area (Å²) >= 11 is 0. The molecule has 0 spiro atoms. The van der Waals surface area contributed by atoms with Crippen LogP contribution in [0.2, 0.25) is 0 Å². The largest absolute Gasteiger partial charge is 0.485 e. The number of anilines is 2. The third-order valence-corrected chi connectivity index (χ3v) is 9.82. The second kappa shape index (κ2) is 10.3. The van der Waals surface area contributed by atoms with Crippen LogP contribution in [0.25, 0.3) is 0 Å². The zero-order valence-corrected chi connectivity index (χ0v) is 22.6. The van der Waals surface area contributed by atoms with Crippen molar-refractivity contribution in [2.24, 2.45) is 0 Å². The highest BCUT2D eigenvalue weighted by Gasteiger charge is 2.51. The molecule has 2 aromatic carbocycles. The summed E-state index contributed by atoms with van der Waals surface area (Å²) in [6.45, 7) is 0.472. The molecular weight excluding hydrogens is 589 g/mol. The van der Waals surface area contributed by atoms with Crippen molar-refractivity contribution in [3.05, 3.63) is 48.0 Å². The van der Waals surface area contributed by atoms with Gasteiger partial charge in [0.25, 0.3) is 10.0 Å². The molecule has 1 amide bonds. The summed E-state index contributed by atoms with van der Waals surface area (Å²) in [5.41, 5.74) is -3.22. The molecule has 2 aromatic rings. The molecule has 0 radical (unpaired) electrons. The van der Waals surface area contributed by atoms with Gasteiger partial charge in [-0.2, -0.15) is 13.2 Å². The van der Waals surface area contributed by atoms with Crippen LogP contribution >= 0.6 is 0 Å². The molecule has 10 nitrogen and oxygen atoms in total. The van der Waals surface area contributed by atoms with Crippen molar-refractivity contribution in [2.45, 2.75) is 54.7 Å². The maximum Gasteiger partial charge on any atom is 0.427 e. The number of ether oxygens (including phenoxy) is 2. The minimum atomic E-state index is -4.88. The molecular formula is C23H24F5N3O7S2. The lowest BCUT2D eigenvalue weighted by atomic mass is 10.1. The molecule has 1 atom stereocenters. The molecule has 2 N–H and O–H groups in total. The van der Waals surface area contributed by atoms with E-state index in [1.165, 1.54) is 12.1 Å². The molecule has 0 aromatic heterocycles. The molecule has 1 fully saturated rings. The molecule has 1 heterocycles. The highest BCUT2D eigenvalue weighted by molar-refractivity contribution is 7.92. The highest BCUT2D eigenvalue weighted by Crippen LogP contribution is 2.40. The summed E-state index contributed by atoms with van der Waals surface area (Å²) in [5, 5.41) is 1.53. The predicted octanol–water partition coefficient (Wildman–Crippen LogP) is 3.89. The highest BCUT2D eigenvalue weighted by atomic mass is 32.2. The van der Waals surface area contributed by atoms with E-state index in [9.17, 15) is 43.6 Å². The number of benzene rings is 2. The number of fused-ring (bicyclic) bond motifs is 1. The summed E-state index contributed by atoms with van der Waals surface area (Å²) < 4.78 is 132. The lowest BCUT2D eigenvalue weighted by Crippen LogP contribution is -2.48. The minimum Gasteiger partial charge on any atom is -0.485 e. The van der Waals surface area contributed by atoms with Crippen molar-refractivity contribution in [2.75, 3.05) is 22.7 Å². The second-order valence-electron chi connectivity index (χ2n) is 9.65. The van der Waals surface area contributed by atoms with Crippen LogP contribution in [0, 0.1) is 11.6 Å². The summed E-state index contributed by atoms with van der Waals surface area (Å²) in [6, 6.07) is 5.37. The SMILES string of the molecule is CC(C)(OC(=O)Nc1ccc2c(c1)N(S(=O)(=O)c1ccc(F)c(F)c1)C[C@H](CNS(=O)(=O)C1CC1)O2)C(F)(F)F. The van der Waals surface area contributed by atoms with Crippen molar-refractivity contribution in [1.29, 1.82) is 0 Å². The Hall–Kier alpha value is -3.18. The summed E-state index contributed by atoms with van der Waals surface area (Å²) in [6.07, 6.45) is -6.45. The first kappa shape index (κ1) is 29.8. The van der Waals surface area contributed by atoms with Crippen LogP contribution in [-0.4, -0.2) is 59.1 Å². The zero-order chi connectivity index (χ0) is 29.7. The van der Waals surface area contributed by atoms with Crippen molar-refractivity contribution in [3.8, 4) is 5.75 Å². The van der Waals surface area contributed by atoms with Gasteiger partial charge in [0, 0.05) is 12.2 Å². The fourth-order valence-corrected chi connectivity index (χ4v) is 6.55. The fraction of sp³-hybridized carbons (Fsp3) is 0.435. The van der Waals surface area contributed by atoms with Crippen LogP contribution in [0.15, 0.2) is 41.3 Å². The van der Waals surface area contributed by atoms with Gasteiger partial charge in [-0.15, -0.1) is 0 Å². The molecule has 17 heteroatoms. The number of sulfonamides is 2. The molecule has 4 rings (SSSR count). The van der Waals surface area contributed by atoms with Gasteiger partial charge < -0.3 is 9.47 Å². The van der Waals surface area contributed by atoms with Crippen LogP contribution in [0.1, 0.15) is 26.7 Å². The number of carbonyl (C=O) groups is 1. The van der Waals surface area contributed by atoms with Crippen molar-refractivity contribution in [3.63, 3.8) is 0 Å². The number of alkyl halides is 3. The number of hydrogen-bond acceptors (Lipinski definition) is 7. The summed E-state index contributed by atoms with van der Waals surface area (Å²) in [7, 11) is -8.28. The van der Waals surface area contributed by atoms with E-state index < -0.39 is 72.3 Å². The van der Waals surface area contributed by atoms with Gasteiger partial charge >= 0.3 is 12.3 Å². The maximum atomic E-state index is 13.9. The molecule has 0 saturated heterocycles. The number of nitrogens with one attached hydrogen (secondary N) is 2. The standard InChI is InChI=1S/C23H24F5N3O7S2/c1-22(2,23(26,27)28)38-21(32)30-13-3-8-20-19(9-13)31(40(35,36)16-6-7-17(24)18(25)10-16)12-14(37-20)11-29-39(33,34)15-4-5-15/h3,6-10,14-15,29H,4-5,11-12H2,1-2H3,(H,30,32)/t14-/m0/s1. The Morgan fingerprint density at radius 1 is 1.05 bits per heavy atom. The van der Waals surface area contributed by atoms with Gasteiger partial charge in [0.15, 0.2) is 11.6 Å². The van der Waals surface area contributed by atoms with Crippen LogP contribution in [-0.2, 0) is 24.8 Å². The number of rotatable bonds is 8. The molecule has 40 heavy (non-hydrogen) atoms. The predicted molar refractivity (Wildman–Crippen MR) is 132 cm³/mol. The molecule has 0 bridgehead atoms. The topological polar surface area (TPSA) is 131 Å². The van der Waals surface area contributed by atoms with E-state index in [4.69, 9.17) is 4.74 Å². The van der Waals surface area contributed by atoms with Crippen molar-refractivity contribution in [1.82, 2.24) is 4.72 Å². The summed E-state index contributed by atoms with van der Waals surface area (Å²) in [5.74, 6) is -2.82. The second-order valence-corrected chi connectivity index (χ2v) is 13.6. The quantitative estimate of drug-likeness (QED) is 0.432. The van der Waals surface area contributed by atoms with Crippen molar-refractivity contribution >= 4 is 37.5 Å². The first-order valence-electron chi connectivity index (χ1n) is 11.7. The number of amides is 1. The van der Waals surface area contributed by atoms with Gasteiger partial charge in [0.1, 0.15) is 11.9 Å². The Morgan fingerprint density at radius 3 is 2.33 bits per heavy atom. The van der Waals surface area contributed by atoms with Crippen molar-refractivity contribution < 1.29 is 53.1 Å². The molecule has 1 aliphatic heterocycles. The Bertz CT molecular complexity index is 1530. The van der Waals surface area contributed by atoms with E-state index in [1.54, 1.807) is 0 Å². The van der Waals surface area contributed by atoms with Crippen LogP contribution in [0.5, 0.6) is 5.75 Å². The average molecular weight is 614 g/mol. The summed E-state index contributed by atoms with van der Waals surface area (Å²) in [4.78, 5) is 11.5. The molecule has 0 unspecified atom stereocenters. The van der Waals surface area contributed by atoms with Gasteiger partial charge in [0.05, 0.1) is 22.4 Å². The number of carbonyl (C=O) groups excluding carboxylic acids is 1. The Kier molecular flexibility index (Phi) is 7.70. The van der Waals surface area contributed by atoms with Gasteiger partial charge in [0.2, 0.25) is 15.6 Å². The van der Waals surface area contributed by atoms with Crippen LogP contribution < -0.4 is 19.1 Å². The van der Waals surface area contributed by atoms with Crippen LogP contribution in [0.3, 0.4) is 0 Å². The van der Waals surface area contributed by atoms with Crippen LogP contribution in [0.4, 0.5) is 38.1 Å². The van der Waals surface area contributed by atoms with E-state index in [0.717, 1.165) is 16.4 Å².